The van der Waals surface area contributed by atoms with E-state index in [0.717, 1.165) is 30.9 Å². The van der Waals surface area contributed by atoms with Crippen molar-refractivity contribution in [1.82, 2.24) is 10.3 Å². The zero-order valence-electron chi connectivity index (χ0n) is 12.4. The van der Waals surface area contributed by atoms with Crippen LogP contribution < -0.4 is 11.1 Å². The summed E-state index contributed by atoms with van der Waals surface area (Å²) in [5.41, 5.74) is 9.08. The minimum Gasteiger partial charge on any atom is -0.399 e. The monoisotopic (exact) mass is 289 g/mol. The second kappa shape index (κ2) is 6.37. The molecule has 0 aliphatic carbocycles. The fraction of sp³-hybridized carbons (Fsp3) is 0.438. The van der Waals surface area contributed by atoms with E-state index in [1.54, 1.807) is 11.3 Å². The molecule has 108 valence electrons. The maximum absolute atomic E-state index is 5.74. The first-order valence-corrected chi connectivity index (χ1v) is 7.83. The lowest BCUT2D eigenvalue weighted by molar-refractivity contribution is 0.471. The normalized spacial score (nSPS) is 11.8. The summed E-state index contributed by atoms with van der Waals surface area (Å²) >= 11 is 1.74. The van der Waals surface area contributed by atoms with E-state index in [0.29, 0.717) is 0 Å². The molecule has 0 spiro atoms. The molecule has 0 saturated carbocycles. The average molecular weight is 289 g/mol. The van der Waals surface area contributed by atoms with Crippen molar-refractivity contribution in [2.24, 2.45) is 0 Å². The minimum atomic E-state index is 0.104. The predicted octanol–water partition coefficient (Wildman–Crippen LogP) is 3.14. The molecule has 2 rings (SSSR count). The Kier molecular flexibility index (Phi) is 4.78. The van der Waals surface area contributed by atoms with Gasteiger partial charge in [0.1, 0.15) is 0 Å². The van der Waals surface area contributed by atoms with Gasteiger partial charge in [0, 0.05) is 41.7 Å². The first-order chi connectivity index (χ1) is 9.47. The third kappa shape index (κ3) is 4.05. The molecule has 1 aromatic heterocycles. The van der Waals surface area contributed by atoms with Gasteiger partial charge in [-0.3, -0.25) is 0 Å². The number of hydrogen-bond acceptors (Lipinski definition) is 4. The lowest BCUT2D eigenvalue weighted by Gasteiger charge is -2.26. The number of nitrogens with one attached hydrogen (secondary N) is 1. The van der Waals surface area contributed by atoms with E-state index < -0.39 is 0 Å². The number of hydrogen-bond donors (Lipinski definition) is 2. The molecular weight excluding hydrogens is 266 g/mol. The molecule has 0 fully saturated rings. The molecule has 0 unspecified atom stereocenters. The molecule has 3 nitrogen and oxygen atoms in total. The van der Waals surface area contributed by atoms with Crippen LogP contribution in [0.4, 0.5) is 5.69 Å². The Hall–Kier alpha value is -1.39. The lowest BCUT2D eigenvalue weighted by atomic mass is 9.84. The molecule has 0 amide bonds. The second-order valence-corrected chi connectivity index (χ2v) is 6.76. The van der Waals surface area contributed by atoms with Crippen LogP contribution in [-0.4, -0.2) is 18.1 Å². The average Bonchev–Trinajstić information content (AvgIpc) is 2.81. The van der Waals surface area contributed by atoms with Crippen LogP contribution >= 0.6 is 11.3 Å². The third-order valence-electron chi connectivity index (χ3n) is 3.44. The minimum absolute atomic E-state index is 0.104. The Labute approximate surface area is 125 Å². The first-order valence-electron chi connectivity index (χ1n) is 6.95. The maximum atomic E-state index is 5.74. The Bertz CT molecular complexity index is 543. The summed E-state index contributed by atoms with van der Waals surface area (Å²) in [5, 5.41) is 6.85. The van der Waals surface area contributed by atoms with Gasteiger partial charge in [-0.05, 0) is 24.6 Å². The molecule has 1 heterocycles. The van der Waals surface area contributed by atoms with Crippen LogP contribution in [0.5, 0.6) is 0 Å². The molecule has 3 N–H and O–H groups in total. The summed E-state index contributed by atoms with van der Waals surface area (Å²) in [7, 11) is 0. The Morgan fingerprint density at radius 1 is 1.25 bits per heavy atom. The Morgan fingerprint density at radius 3 is 2.55 bits per heavy atom. The Balaban J connectivity index is 1.81. The van der Waals surface area contributed by atoms with E-state index in [2.05, 4.69) is 41.7 Å². The lowest BCUT2D eigenvalue weighted by Crippen LogP contribution is -2.34. The summed E-state index contributed by atoms with van der Waals surface area (Å²) < 4.78 is 0. The van der Waals surface area contributed by atoms with Gasteiger partial charge >= 0.3 is 0 Å². The summed E-state index contributed by atoms with van der Waals surface area (Å²) in [4.78, 5) is 4.48. The number of nitrogen functional groups attached to an aromatic ring is 1. The molecule has 20 heavy (non-hydrogen) atoms. The highest BCUT2D eigenvalue weighted by Crippen LogP contribution is 2.23. The van der Waals surface area contributed by atoms with Gasteiger partial charge in [-0.25, -0.2) is 4.98 Å². The van der Waals surface area contributed by atoms with Crippen molar-refractivity contribution >= 4 is 17.0 Å². The van der Waals surface area contributed by atoms with Crippen molar-refractivity contribution in [2.75, 3.05) is 18.8 Å². The molecule has 4 heteroatoms. The smallest absolute Gasteiger partial charge is 0.0940 e. The van der Waals surface area contributed by atoms with Crippen molar-refractivity contribution < 1.29 is 0 Å². The highest BCUT2D eigenvalue weighted by atomic mass is 32.1. The molecule has 0 radical (unpaired) electrons. The van der Waals surface area contributed by atoms with Crippen LogP contribution in [-0.2, 0) is 11.8 Å². The quantitative estimate of drug-likeness (QED) is 0.634. The Morgan fingerprint density at radius 2 is 1.95 bits per heavy atom. The van der Waals surface area contributed by atoms with E-state index in [9.17, 15) is 0 Å². The van der Waals surface area contributed by atoms with Crippen LogP contribution in [0, 0.1) is 6.92 Å². The largest absolute Gasteiger partial charge is 0.399 e. The van der Waals surface area contributed by atoms with Crippen molar-refractivity contribution in [3.63, 3.8) is 0 Å². The van der Waals surface area contributed by atoms with Gasteiger partial charge in [-0.15, -0.1) is 11.3 Å². The van der Waals surface area contributed by atoms with Crippen LogP contribution in [0.1, 0.15) is 30.1 Å². The van der Waals surface area contributed by atoms with Crippen molar-refractivity contribution in [3.8, 4) is 0 Å². The maximum Gasteiger partial charge on any atom is 0.0940 e. The molecule has 0 aliphatic rings. The van der Waals surface area contributed by atoms with E-state index in [1.165, 1.54) is 10.6 Å². The van der Waals surface area contributed by atoms with E-state index >= 15 is 0 Å². The van der Waals surface area contributed by atoms with Crippen molar-refractivity contribution in [3.05, 3.63) is 45.9 Å². The highest BCUT2D eigenvalue weighted by molar-refractivity contribution is 7.09. The van der Waals surface area contributed by atoms with E-state index in [1.807, 2.05) is 19.1 Å². The SMILES string of the molecule is Cc1csc(CCNCC(C)(C)c2ccc(N)cc2)n1. The zero-order chi connectivity index (χ0) is 14.6. The summed E-state index contributed by atoms with van der Waals surface area (Å²) in [6.45, 7) is 8.45. The number of rotatable bonds is 6. The fourth-order valence-electron chi connectivity index (χ4n) is 2.15. The third-order valence-corrected chi connectivity index (χ3v) is 4.47. The van der Waals surface area contributed by atoms with Gasteiger partial charge in [0.25, 0.3) is 0 Å². The summed E-state index contributed by atoms with van der Waals surface area (Å²) in [5.74, 6) is 0. The standard InChI is InChI=1S/C16H23N3S/c1-12-10-20-15(19-12)8-9-18-11-16(2,3)13-4-6-14(17)7-5-13/h4-7,10,18H,8-9,11,17H2,1-3H3. The topological polar surface area (TPSA) is 50.9 Å². The zero-order valence-corrected chi connectivity index (χ0v) is 13.3. The van der Waals surface area contributed by atoms with Crippen molar-refractivity contribution in [1.29, 1.82) is 0 Å². The molecule has 2 aromatic rings. The fourth-order valence-corrected chi connectivity index (χ4v) is 2.93. The number of aromatic nitrogens is 1. The van der Waals surface area contributed by atoms with Gasteiger partial charge in [0.2, 0.25) is 0 Å². The van der Waals surface area contributed by atoms with Gasteiger partial charge in [0.15, 0.2) is 0 Å². The molecular formula is C16H23N3S. The molecule has 0 aliphatic heterocycles. The molecule has 0 saturated heterocycles. The van der Waals surface area contributed by atoms with Gasteiger partial charge in [0.05, 0.1) is 5.01 Å². The first kappa shape index (κ1) is 15.0. The van der Waals surface area contributed by atoms with Crippen LogP contribution in [0.25, 0.3) is 0 Å². The number of nitrogens with two attached hydrogens (primary N) is 1. The number of benzene rings is 1. The number of aryl methyl sites for hydroxylation is 1. The summed E-state index contributed by atoms with van der Waals surface area (Å²) in [6, 6.07) is 8.16. The van der Waals surface area contributed by atoms with Crippen LogP contribution in [0.15, 0.2) is 29.6 Å². The van der Waals surface area contributed by atoms with Gasteiger partial charge in [-0.1, -0.05) is 26.0 Å². The predicted molar refractivity (Wildman–Crippen MR) is 87.3 cm³/mol. The van der Waals surface area contributed by atoms with Crippen LogP contribution in [0.2, 0.25) is 0 Å². The number of thiazole rings is 1. The number of anilines is 1. The summed E-state index contributed by atoms with van der Waals surface area (Å²) in [6.07, 6.45) is 0.996. The highest BCUT2D eigenvalue weighted by Gasteiger charge is 2.19. The van der Waals surface area contributed by atoms with Gasteiger partial charge in [-0.2, -0.15) is 0 Å². The van der Waals surface area contributed by atoms with Crippen molar-refractivity contribution in [2.45, 2.75) is 32.6 Å². The van der Waals surface area contributed by atoms with E-state index in [-0.39, 0.29) is 5.41 Å². The molecule has 0 bridgehead atoms. The van der Waals surface area contributed by atoms with Gasteiger partial charge < -0.3 is 11.1 Å². The number of nitrogens with zero attached hydrogens (tertiary/aromatic N) is 1. The molecule has 0 atom stereocenters. The van der Waals surface area contributed by atoms with Crippen LogP contribution in [0.3, 0.4) is 0 Å². The molecule has 1 aromatic carbocycles. The van der Waals surface area contributed by atoms with E-state index in [4.69, 9.17) is 5.73 Å². The second-order valence-electron chi connectivity index (χ2n) is 5.82.